The molecule has 78 valence electrons. The standard InChI is InChI=1S/C8H20N4O/c1-11-7-12-2-3-13-6-8(12,4-9)5-10/h11H,2-7,9-10H2,1H3. The number of rotatable bonds is 4. The molecule has 0 aromatic rings. The van der Waals surface area contributed by atoms with E-state index in [0.717, 1.165) is 19.8 Å². The van der Waals surface area contributed by atoms with Crippen LogP contribution in [-0.4, -0.2) is 57.0 Å². The van der Waals surface area contributed by atoms with Crippen LogP contribution in [0.4, 0.5) is 0 Å². The number of nitrogens with one attached hydrogen (secondary N) is 1. The summed E-state index contributed by atoms with van der Waals surface area (Å²) in [5.74, 6) is 0. The molecule has 0 radical (unpaired) electrons. The maximum Gasteiger partial charge on any atom is 0.0700 e. The average Bonchev–Trinajstić information content (AvgIpc) is 2.20. The predicted octanol–water partition coefficient (Wildman–Crippen LogP) is -1.85. The van der Waals surface area contributed by atoms with Gasteiger partial charge in [0, 0.05) is 26.3 Å². The summed E-state index contributed by atoms with van der Waals surface area (Å²) < 4.78 is 5.41. The Hall–Kier alpha value is -0.200. The van der Waals surface area contributed by atoms with Crippen LogP contribution in [0, 0.1) is 0 Å². The number of nitrogens with zero attached hydrogens (tertiary/aromatic N) is 1. The van der Waals surface area contributed by atoms with Crippen molar-refractivity contribution in [3.63, 3.8) is 0 Å². The van der Waals surface area contributed by atoms with Gasteiger partial charge in [-0.25, -0.2) is 0 Å². The Balaban J connectivity index is 2.63. The van der Waals surface area contributed by atoms with Gasteiger partial charge in [0.2, 0.25) is 0 Å². The van der Waals surface area contributed by atoms with Crippen LogP contribution in [0.3, 0.4) is 0 Å². The lowest BCUT2D eigenvalue weighted by molar-refractivity contribution is -0.0623. The fourth-order valence-corrected chi connectivity index (χ4v) is 1.66. The van der Waals surface area contributed by atoms with Gasteiger partial charge in [0.05, 0.1) is 18.8 Å². The monoisotopic (exact) mass is 188 g/mol. The fourth-order valence-electron chi connectivity index (χ4n) is 1.66. The molecule has 5 heteroatoms. The summed E-state index contributed by atoms with van der Waals surface area (Å²) in [5.41, 5.74) is 11.3. The highest BCUT2D eigenvalue weighted by Crippen LogP contribution is 2.16. The molecule has 1 aliphatic rings. The summed E-state index contributed by atoms with van der Waals surface area (Å²) in [4.78, 5) is 2.26. The van der Waals surface area contributed by atoms with E-state index in [1.807, 2.05) is 7.05 Å². The van der Waals surface area contributed by atoms with Crippen molar-refractivity contribution >= 4 is 0 Å². The fraction of sp³-hybridized carbons (Fsp3) is 1.00. The Kier molecular flexibility index (Phi) is 4.08. The lowest BCUT2D eigenvalue weighted by Crippen LogP contribution is -2.66. The predicted molar refractivity (Wildman–Crippen MR) is 52.3 cm³/mol. The van der Waals surface area contributed by atoms with E-state index in [1.54, 1.807) is 0 Å². The SMILES string of the molecule is CNCN1CCOCC1(CN)CN. The molecule has 0 aromatic heterocycles. The topological polar surface area (TPSA) is 76.5 Å². The van der Waals surface area contributed by atoms with Crippen LogP contribution in [-0.2, 0) is 4.74 Å². The Labute approximate surface area is 79.4 Å². The zero-order valence-electron chi connectivity index (χ0n) is 8.25. The van der Waals surface area contributed by atoms with Crippen molar-refractivity contribution in [1.29, 1.82) is 0 Å². The first-order valence-electron chi connectivity index (χ1n) is 4.66. The van der Waals surface area contributed by atoms with Crippen molar-refractivity contribution in [2.45, 2.75) is 5.54 Å². The summed E-state index contributed by atoms with van der Waals surface area (Å²) in [6.45, 7) is 4.22. The lowest BCUT2D eigenvalue weighted by atomic mass is 9.97. The summed E-state index contributed by atoms with van der Waals surface area (Å²) in [6.07, 6.45) is 0. The zero-order chi connectivity index (χ0) is 9.73. The molecule has 1 rings (SSSR count). The zero-order valence-corrected chi connectivity index (χ0v) is 8.25. The van der Waals surface area contributed by atoms with Crippen LogP contribution >= 0.6 is 0 Å². The third-order valence-corrected chi connectivity index (χ3v) is 2.66. The largest absolute Gasteiger partial charge is 0.378 e. The Morgan fingerprint density at radius 3 is 2.69 bits per heavy atom. The van der Waals surface area contributed by atoms with Crippen LogP contribution in [0.15, 0.2) is 0 Å². The maximum atomic E-state index is 5.74. The summed E-state index contributed by atoms with van der Waals surface area (Å²) in [6, 6.07) is 0. The molecular weight excluding hydrogens is 168 g/mol. The molecule has 0 aliphatic carbocycles. The van der Waals surface area contributed by atoms with E-state index in [0.29, 0.717) is 19.7 Å². The minimum atomic E-state index is -0.165. The molecule has 0 spiro atoms. The summed E-state index contributed by atoms with van der Waals surface area (Å²) >= 11 is 0. The summed E-state index contributed by atoms with van der Waals surface area (Å²) in [7, 11) is 1.92. The smallest absolute Gasteiger partial charge is 0.0700 e. The first-order valence-corrected chi connectivity index (χ1v) is 4.66. The number of nitrogens with two attached hydrogens (primary N) is 2. The molecule has 5 nitrogen and oxygen atoms in total. The molecule has 0 unspecified atom stereocenters. The van der Waals surface area contributed by atoms with Gasteiger partial charge in [-0.3, -0.25) is 4.90 Å². The van der Waals surface area contributed by atoms with Gasteiger partial charge < -0.3 is 21.5 Å². The van der Waals surface area contributed by atoms with Gasteiger partial charge in [-0.05, 0) is 7.05 Å². The molecule has 0 saturated carbocycles. The highest BCUT2D eigenvalue weighted by atomic mass is 16.5. The third-order valence-electron chi connectivity index (χ3n) is 2.66. The van der Waals surface area contributed by atoms with E-state index in [-0.39, 0.29) is 5.54 Å². The van der Waals surface area contributed by atoms with Crippen molar-refractivity contribution in [1.82, 2.24) is 10.2 Å². The molecule has 0 amide bonds. The Morgan fingerprint density at radius 2 is 2.15 bits per heavy atom. The minimum Gasteiger partial charge on any atom is -0.378 e. The Bertz CT molecular complexity index is 147. The summed E-state index contributed by atoms with van der Waals surface area (Å²) in [5, 5.41) is 3.12. The number of hydrogen-bond acceptors (Lipinski definition) is 5. The van der Waals surface area contributed by atoms with E-state index in [9.17, 15) is 0 Å². The molecule has 1 fully saturated rings. The first kappa shape index (κ1) is 10.9. The number of hydrogen-bond donors (Lipinski definition) is 3. The molecule has 0 aromatic carbocycles. The quantitative estimate of drug-likeness (QED) is 0.483. The second-order valence-electron chi connectivity index (χ2n) is 3.46. The van der Waals surface area contributed by atoms with Crippen molar-refractivity contribution in [3.8, 4) is 0 Å². The van der Waals surface area contributed by atoms with E-state index >= 15 is 0 Å². The van der Waals surface area contributed by atoms with E-state index < -0.39 is 0 Å². The van der Waals surface area contributed by atoms with Gasteiger partial charge in [0.25, 0.3) is 0 Å². The van der Waals surface area contributed by atoms with Crippen LogP contribution in [0.1, 0.15) is 0 Å². The molecule has 1 saturated heterocycles. The van der Waals surface area contributed by atoms with Crippen molar-refractivity contribution in [2.75, 3.05) is 46.6 Å². The number of morpholine rings is 1. The highest BCUT2D eigenvalue weighted by molar-refractivity contribution is 4.94. The lowest BCUT2D eigenvalue weighted by Gasteiger charge is -2.45. The van der Waals surface area contributed by atoms with E-state index in [4.69, 9.17) is 16.2 Å². The minimum absolute atomic E-state index is 0.165. The second-order valence-corrected chi connectivity index (χ2v) is 3.46. The van der Waals surface area contributed by atoms with Crippen LogP contribution < -0.4 is 16.8 Å². The van der Waals surface area contributed by atoms with E-state index in [2.05, 4.69) is 10.2 Å². The van der Waals surface area contributed by atoms with Crippen molar-refractivity contribution in [2.24, 2.45) is 11.5 Å². The molecule has 1 aliphatic heterocycles. The van der Waals surface area contributed by atoms with Crippen LogP contribution in [0.25, 0.3) is 0 Å². The van der Waals surface area contributed by atoms with E-state index in [1.165, 1.54) is 0 Å². The maximum absolute atomic E-state index is 5.74. The Morgan fingerprint density at radius 1 is 1.46 bits per heavy atom. The molecular formula is C8H20N4O. The normalized spacial score (nSPS) is 23.3. The molecule has 0 atom stereocenters. The molecule has 1 heterocycles. The first-order chi connectivity index (χ1) is 6.29. The molecule has 5 N–H and O–H groups in total. The van der Waals surface area contributed by atoms with Crippen molar-refractivity contribution < 1.29 is 4.74 Å². The van der Waals surface area contributed by atoms with Gasteiger partial charge in [0.15, 0.2) is 0 Å². The number of ether oxygens (including phenoxy) is 1. The average molecular weight is 188 g/mol. The van der Waals surface area contributed by atoms with Crippen molar-refractivity contribution in [3.05, 3.63) is 0 Å². The van der Waals surface area contributed by atoms with Crippen LogP contribution in [0.2, 0.25) is 0 Å². The van der Waals surface area contributed by atoms with Crippen LogP contribution in [0.5, 0.6) is 0 Å². The molecule has 13 heavy (non-hydrogen) atoms. The van der Waals surface area contributed by atoms with Gasteiger partial charge >= 0.3 is 0 Å². The van der Waals surface area contributed by atoms with Gasteiger partial charge in [0.1, 0.15) is 0 Å². The van der Waals surface area contributed by atoms with Gasteiger partial charge in [-0.1, -0.05) is 0 Å². The van der Waals surface area contributed by atoms with Gasteiger partial charge in [-0.2, -0.15) is 0 Å². The second kappa shape index (κ2) is 4.88. The molecule has 0 bridgehead atoms. The van der Waals surface area contributed by atoms with Gasteiger partial charge in [-0.15, -0.1) is 0 Å². The third kappa shape index (κ3) is 2.18. The highest BCUT2D eigenvalue weighted by Gasteiger charge is 2.36.